The molecule has 0 spiro atoms. The first-order valence-corrected chi connectivity index (χ1v) is 17.9. The van der Waals surface area contributed by atoms with E-state index in [1.165, 1.54) is 14.1 Å². The molecule has 0 radical (unpaired) electrons. The fourth-order valence-electron chi connectivity index (χ4n) is 6.69. The van der Waals surface area contributed by atoms with Crippen molar-refractivity contribution in [3.63, 3.8) is 0 Å². The van der Waals surface area contributed by atoms with Gasteiger partial charge in [-0.2, -0.15) is 17.7 Å². The smallest absolute Gasteiger partial charge is 0.303 e. The first-order valence-electron chi connectivity index (χ1n) is 16.5. The van der Waals surface area contributed by atoms with Gasteiger partial charge in [-0.3, -0.25) is 19.0 Å². The van der Waals surface area contributed by atoms with Crippen molar-refractivity contribution in [1.82, 2.24) is 28.8 Å². The Balaban J connectivity index is 1.46. The number of rotatable bonds is 7. The van der Waals surface area contributed by atoms with Crippen LogP contribution < -0.4 is 14.8 Å². The summed E-state index contributed by atoms with van der Waals surface area (Å²) in [7, 11) is -1.43. The minimum absolute atomic E-state index is 0.0561. The number of nitrogens with one attached hydrogen (secondary N) is 2. The number of amides is 3. The van der Waals surface area contributed by atoms with Gasteiger partial charge >= 0.3 is 10.2 Å². The van der Waals surface area contributed by atoms with E-state index >= 15 is 0 Å². The van der Waals surface area contributed by atoms with Gasteiger partial charge in [0.2, 0.25) is 11.8 Å². The lowest BCUT2D eigenvalue weighted by Crippen LogP contribution is -2.57. The van der Waals surface area contributed by atoms with Crippen LogP contribution in [0.1, 0.15) is 84.2 Å². The summed E-state index contributed by atoms with van der Waals surface area (Å²) in [6.45, 7) is 8.30. The van der Waals surface area contributed by atoms with Crippen LogP contribution in [0.25, 0.3) is 11.0 Å². The molecule has 252 valence electrons. The number of para-hydroxylation sites is 1. The number of benzene rings is 1. The summed E-state index contributed by atoms with van der Waals surface area (Å²) in [5, 5.41) is 2.90. The summed E-state index contributed by atoms with van der Waals surface area (Å²) in [5.74, 6) is -2.08. The number of hydrogen-bond donors (Lipinski definition) is 2. The molecule has 5 atom stereocenters. The Hall–Kier alpha value is -3.45. The number of aryl methyl sites for hydroxylation is 1. The molecule has 3 amide bonds. The van der Waals surface area contributed by atoms with Gasteiger partial charge in [-0.1, -0.05) is 51.0 Å². The number of ether oxygens (including phenoxy) is 1. The fourth-order valence-corrected chi connectivity index (χ4v) is 7.29. The summed E-state index contributed by atoms with van der Waals surface area (Å²) in [6, 6.07) is 5.69. The number of carbonyl (C=O) groups excluding carboxylic acids is 3. The van der Waals surface area contributed by atoms with Gasteiger partial charge in [-0.15, -0.1) is 0 Å². The number of fused-ring (bicyclic) bond motifs is 3. The monoisotopic (exact) mass is 656 g/mol. The van der Waals surface area contributed by atoms with Crippen LogP contribution in [0, 0.1) is 11.8 Å². The predicted molar refractivity (Wildman–Crippen MR) is 175 cm³/mol. The summed E-state index contributed by atoms with van der Waals surface area (Å²) in [5.41, 5.74) is 1.51. The van der Waals surface area contributed by atoms with Crippen LogP contribution in [0.15, 0.2) is 30.4 Å². The fraction of sp³-hybridized carbons (Fsp3) is 0.636. The Morgan fingerprint density at radius 1 is 1.22 bits per heavy atom. The molecule has 0 unspecified atom stereocenters. The minimum Gasteiger partial charge on any atom is -0.459 e. The molecular formula is C33H48N6O6S. The number of nitrogens with zero attached hydrogens (tertiary/aromatic N) is 4. The minimum atomic E-state index is -4.08. The maximum Gasteiger partial charge on any atom is 0.303 e. The Bertz CT molecular complexity index is 1620. The third-order valence-electron chi connectivity index (χ3n) is 9.56. The Kier molecular flexibility index (Phi) is 9.84. The topological polar surface area (TPSA) is 143 Å². The van der Waals surface area contributed by atoms with E-state index in [4.69, 9.17) is 9.72 Å². The summed E-state index contributed by atoms with van der Waals surface area (Å²) < 4.78 is 36.7. The lowest BCUT2D eigenvalue weighted by atomic mass is 10.0. The normalized spacial score (nSPS) is 28.3. The molecule has 1 saturated heterocycles. The summed E-state index contributed by atoms with van der Waals surface area (Å²) in [4.78, 5) is 47.9. The Labute approximate surface area is 272 Å². The number of carbonyl (C=O) groups is 3. The molecule has 2 aliphatic heterocycles. The van der Waals surface area contributed by atoms with Crippen LogP contribution in [0.5, 0.6) is 6.01 Å². The van der Waals surface area contributed by atoms with Crippen molar-refractivity contribution >= 4 is 39.0 Å². The highest BCUT2D eigenvalue weighted by atomic mass is 32.2. The first kappa shape index (κ1) is 33.9. The van der Waals surface area contributed by atoms with Crippen molar-refractivity contribution in [3.05, 3.63) is 35.9 Å². The van der Waals surface area contributed by atoms with E-state index in [0.29, 0.717) is 12.4 Å². The highest BCUT2D eigenvalue weighted by Gasteiger charge is 2.61. The lowest BCUT2D eigenvalue weighted by Gasteiger charge is -2.28. The van der Waals surface area contributed by atoms with E-state index in [0.717, 1.165) is 53.0 Å². The standard InChI is InChI=1S/C33H48N6O6S/c1-7-23-15-13-17-26-28(23)34-32(39(26)21(2)3)45-25-18-27-29(40)35-33(31(42)36-46(43,44)37(5)6)19-24(33)16-12-10-8-9-11-14-22(4)30(41)38(27)20-25/h12-13,15-17,21-22,24-25,27H,7-11,14,18-20H2,1-6H3,(H,35,40)(H,36,42)/b16-12-/t22-,24+,25+,27-,33+/m0/s1. The second kappa shape index (κ2) is 13.3. The van der Waals surface area contributed by atoms with Gasteiger partial charge in [0, 0.05) is 38.4 Å². The third kappa shape index (κ3) is 6.67. The number of aromatic nitrogens is 2. The number of imidazole rings is 1. The molecule has 1 aromatic heterocycles. The van der Waals surface area contributed by atoms with Crippen molar-refractivity contribution in [2.45, 2.75) is 103 Å². The molecule has 2 N–H and O–H groups in total. The molecule has 0 bridgehead atoms. The van der Waals surface area contributed by atoms with Gasteiger partial charge in [0.05, 0.1) is 17.6 Å². The zero-order valence-corrected chi connectivity index (χ0v) is 28.6. The van der Waals surface area contributed by atoms with E-state index in [1.54, 1.807) is 4.90 Å². The second-order valence-electron chi connectivity index (χ2n) is 13.4. The van der Waals surface area contributed by atoms with Crippen LogP contribution in [0.3, 0.4) is 0 Å². The molecule has 12 nitrogen and oxygen atoms in total. The molecule has 3 aliphatic rings. The zero-order chi connectivity index (χ0) is 33.4. The van der Waals surface area contributed by atoms with Crippen LogP contribution in [-0.2, 0) is 31.0 Å². The molecule has 5 rings (SSSR count). The van der Waals surface area contributed by atoms with Crippen molar-refractivity contribution in [3.8, 4) is 6.01 Å². The number of allylic oxidation sites excluding steroid dienone is 1. The maximum absolute atomic E-state index is 14.1. The van der Waals surface area contributed by atoms with Gasteiger partial charge in [0.25, 0.3) is 11.9 Å². The average Bonchev–Trinajstić information content (AvgIpc) is 3.33. The quantitative estimate of drug-likeness (QED) is 0.435. The SMILES string of the molecule is CCc1cccc2c1nc(O[C@@H]1C[C@H]3C(=O)N[C@]4(C(=O)NS(=O)(=O)N(C)C)C[C@H]4/C=C\CCCCC[C@H](C)C(=O)N3C1)n2C(C)C. The van der Waals surface area contributed by atoms with E-state index in [9.17, 15) is 22.8 Å². The molecule has 1 aromatic carbocycles. The molecule has 13 heteroatoms. The third-order valence-corrected chi connectivity index (χ3v) is 11.0. The molecular weight excluding hydrogens is 608 g/mol. The molecule has 2 fully saturated rings. The van der Waals surface area contributed by atoms with Crippen LogP contribution in [-0.4, -0.2) is 83.2 Å². The van der Waals surface area contributed by atoms with Crippen LogP contribution in [0.4, 0.5) is 0 Å². The van der Waals surface area contributed by atoms with Gasteiger partial charge in [0.1, 0.15) is 17.7 Å². The van der Waals surface area contributed by atoms with Crippen molar-refractivity contribution < 1.29 is 27.5 Å². The molecule has 3 heterocycles. The second-order valence-corrected chi connectivity index (χ2v) is 15.3. The van der Waals surface area contributed by atoms with Crippen LogP contribution >= 0.6 is 0 Å². The maximum atomic E-state index is 14.1. The first-order chi connectivity index (χ1) is 21.8. The van der Waals surface area contributed by atoms with Gasteiger partial charge in [-0.25, -0.2) is 4.72 Å². The number of hydrogen-bond acceptors (Lipinski definition) is 7. The van der Waals surface area contributed by atoms with E-state index in [1.807, 2.05) is 35.8 Å². The molecule has 1 aliphatic carbocycles. The Morgan fingerprint density at radius 2 is 1.98 bits per heavy atom. The van der Waals surface area contributed by atoms with Crippen molar-refractivity contribution in [1.29, 1.82) is 0 Å². The summed E-state index contributed by atoms with van der Waals surface area (Å²) >= 11 is 0. The van der Waals surface area contributed by atoms with Crippen molar-refractivity contribution in [2.24, 2.45) is 11.8 Å². The zero-order valence-electron chi connectivity index (χ0n) is 27.8. The highest BCUT2D eigenvalue weighted by Crippen LogP contribution is 2.46. The van der Waals surface area contributed by atoms with E-state index < -0.39 is 39.7 Å². The van der Waals surface area contributed by atoms with Gasteiger partial charge < -0.3 is 15.0 Å². The van der Waals surface area contributed by atoms with Gasteiger partial charge in [0.15, 0.2) is 0 Å². The van der Waals surface area contributed by atoms with E-state index in [2.05, 4.69) is 36.9 Å². The largest absolute Gasteiger partial charge is 0.459 e. The lowest BCUT2D eigenvalue weighted by molar-refractivity contribution is -0.142. The van der Waals surface area contributed by atoms with Crippen molar-refractivity contribution in [2.75, 3.05) is 20.6 Å². The van der Waals surface area contributed by atoms with E-state index in [-0.39, 0.29) is 43.2 Å². The molecule has 46 heavy (non-hydrogen) atoms. The predicted octanol–water partition coefficient (Wildman–Crippen LogP) is 3.48. The van der Waals surface area contributed by atoms with Gasteiger partial charge in [-0.05, 0) is 57.6 Å². The average molecular weight is 657 g/mol. The molecule has 2 aromatic rings. The highest BCUT2D eigenvalue weighted by molar-refractivity contribution is 7.87. The summed E-state index contributed by atoms with van der Waals surface area (Å²) in [6.07, 6.45) is 8.96. The Morgan fingerprint density at radius 3 is 2.67 bits per heavy atom. The molecule has 1 saturated carbocycles. The van der Waals surface area contributed by atoms with Crippen LogP contribution in [0.2, 0.25) is 0 Å².